The fourth-order valence-electron chi connectivity index (χ4n) is 1.50. The van der Waals surface area contributed by atoms with Gasteiger partial charge in [0.25, 0.3) is 5.91 Å². The molecular formula is C13H8Br2F2N2O. The molecule has 0 spiro atoms. The number of rotatable bonds is 2. The number of nitrogens with one attached hydrogen (secondary N) is 1. The van der Waals surface area contributed by atoms with Crippen molar-refractivity contribution in [3.63, 3.8) is 0 Å². The summed E-state index contributed by atoms with van der Waals surface area (Å²) in [7, 11) is 0. The van der Waals surface area contributed by atoms with E-state index in [-0.39, 0.29) is 5.56 Å². The summed E-state index contributed by atoms with van der Waals surface area (Å²) in [6.07, 6.45) is 0. The van der Waals surface area contributed by atoms with Gasteiger partial charge < -0.3 is 11.1 Å². The van der Waals surface area contributed by atoms with Crippen LogP contribution in [0.3, 0.4) is 0 Å². The Morgan fingerprint density at radius 1 is 1.10 bits per heavy atom. The van der Waals surface area contributed by atoms with Crippen molar-refractivity contribution in [1.29, 1.82) is 0 Å². The number of nitrogens with two attached hydrogens (primary N) is 1. The maximum absolute atomic E-state index is 13.3. The van der Waals surface area contributed by atoms with E-state index in [2.05, 4.69) is 37.2 Å². The van der Waals surface area contributed by atoms with Crippen molar-refractivity contribution in [1.82, 2.24) is 0 Å². The van der Waals surface area contributed by atoms with Gasteiger partial charge in [0.05, 0.1) is 5.69 Å². The van der Waals surface area contributed by atoms with Crippen LogP contribution in [0.15, 0.2) is 39.3 Å². The van der Waals surface area contributed by atoms with Crippen molar-refractivity contribution in [3.05, 3.63) is 56.5 Å². The third-order valence-electron chi connectivity index (χ3n) is 2.52. The van der Waals surface area contributed by atoms with E-state index in [4.69, 9.17) is 5.73 Å². The van der Waals surface area contributed by atoms with Gasteiger partial charge >= 0.3 is 0 Å². The molecule has 0 bridgehead atoms. The Kier molecular flexibility index (Phi) is 4.39. The molecule has 20 heavy (non-hydrogen) atoms. The van der Waals surface area contributed by atoms with E-state index < -0.39 is 23.2 Å². The van der Waals surface area contributed by atoms with Crippen molar-refractivity contribution in [2.45, 2.75) is 0 Å². The molecule has 2 aromatic rings. The van der Waals surface area contributed by atoms with Crippen LogP contribution in [-0.4, -0.2) is 5.91 Å². The number of nitrogen functional groups attached to an aromatic ring is 1. The molecule has 0 fully saturated rings. The predicted molar refractivity (Wildman–Crippen MR) is 80.6 cm³/mol. The average Bonchev–Trinajstić information content (AvgIpc) is 2.38. The monoisotopic (exact) mass is 404 g/mol. The zero-order valence-electron chi connectivity index (χ0n) is 9.88. The molecule has 7 heteroatoms. The predicted octanol–water partition coefficient (Wildman–Crippen LogP) is 4.32. The molecule has 0 radical (unpaired) electrons. The average molecular weight is 406 g/mol. The third-order valence-corrected chi connectivity index (χ3v) is 3.67. The van der Waals surface area contributed by atoms with Crippen molar-refractivity contribution in [2.24, 2.45) is 0 Å². The van der Waals surface area contributed by atoms with E-state index in [1.807, 2.05) is 0 Å². The maximum atomic E-state index is 13.3. The Bertz CT molecular complexity index is 669. The highest BCUT2D eigenvalue weighted by atomic mass is 79.9. The molecule has 104 valence electrons. The molecule has 0 aliphatic heterocycles. The lowest BCUT2D eigenvalue weighted by molar-refractivity contribution is 0.102. The molecule has 2 aromatic carbocycles. The molecule has 2 rings (SSSR count). The fourth-order valence-corrected chi connectivity index (χ4v) is 2.65. The molecule has 0 saturated carbocycles. The number of hydrogen-bond donors (Lipinski definition) is 2. The van der Waals surface area contributed by atoms with Crippen molar-refractivity contribution >= 4 is 49.1 Å². The number of benzene rings is 2. The second-order valence-electron chi connectivity index (χ2n) is 3.93. The number of carbonyl (C=O) groups excluding carboxylic acids is 1. The second kappa shape index (κ2) is 5.88. The first-order valence-electron chi connectivity index (χ1n) is 5.39. The molecule has 1 amide bonds. The van der Waals surface area contributed by atoms with Gasteiger partial charge in [-0.25, -0.2) is 8.78 Å². The lowest BCUT2D eigenvalue weighted by Gasteiger charge is -2.09. The fraction of sp³-hybridized carbons (Fsp3) is 0. The van der Waals surface area contributed by atoms with E-state index in [0.29, 0.717) is 10.2 Å². The standard InChI is InChI=1S/C13H8Br2F2N2O/c14-7-1-2-11(8(15)5-7)19-13(20)6-3-9(16)12(18)10(17)4-6/h1-5H,18H2,(H,19,20). The van der Waals surface area contributed by atoms with Crippen LogP contribution < -0.4 is 11.1 Å². The van der Waals surface area contributed by atoms with E-state index in [1.165, 1.54) is 0 Å². The summed E-state index contributed by atoms with van der Waals surface area (Å²) in [5.74, 6) is -2.57. The van der Waals surface area contributed by atoms with Gasteiger partial charge in [-0.15, -0.1) is 0 Å². The Labute approximate surface area is 130 Å². The highest BCUT2D eigenvalue weighted by Gasteiger charge is 2.14. The number of anilines is 2. The molecule has 0 unspecified atom stereocenters. The molecular weight excluding hydrogens is 398 g/mol. The van der Waals surface area contributed by atoms with Gasteiger partial charge in [0.15, 0.2) is 0 Å². The zero-order chi connectivity index (χ0) is 14.9. The zero-order valence-corrected chi connectivity index (χ0v) is 13.1. The minimum absolute atomic E-state index is 0.149. The Hall–Kier alpha value is -1.47. The number of halogens is 4. The minimum atomic E-state index is -0.968. The summed E-state index contributed by atoms with van der Waals surface area (Å²) in [5, 5.41) is 2.55. The van der Waals surface area contributed by atoms with E-state index in [9.17, 15) is 13.6 Å². The van der Waals surface area contributed by atoms with Crippen LogP contribution in [-0.2, 0) is 0 Å². The molecule has 0 saturated heterocycles. The number of hydrogen-bond acceptors (Lipinski definition) is 2. The maximum Gasteiger partial charge on any atom is 0.255 e. The van der Waals surface area contributed by atoms with E-state index in [0.717, 1.165) is 16.6 Å². The summed E-state index contributed by atoms with van der Waals surface area (Å²) in [5.41, 5.74) is 4.88. The summed E-state index contributed by atoms with van der Waals surface area (Å²) in [6.45, 7) is 0. The van der Waals surface area contributed by atoms with Gasteiger partial charge in [0.2, 0.25) is 0 Å². The summed E-state index contributed by atoms with van der Waals surface area (Å²) < 4.78 is 28.1. The Morgan fingerprint density at radius 3 is 2.25 bits per heavy atom. The quantitative estimate of drug-likeness (QED) is 0.731. The van der Waals surface area contributed by atoms with Crippen LogP contribution in [0.2, 0.25) is 0 Å². The van der Waals surface area contributed by atoms with Crippen LogP contribution in [0, 0.1) is 11.6 Å². The van der Waals surface area contributed by atoms with Gasteiger partial charge in [0.1, 0.15) is 17.3 Å². The first-order chi connectivity index (χ1) is 9.38. The van der Waals surface area contributed by atoms with Crippen LogP contribution in [0.25, 0.3) is 0 Å². The highest BCUT2D eigenvalue weighted by Crippen LogP contribution is 2.27. The van der Waals surface area contributed by atoms with Gasteiger partial charge in [-0.3, -0.25) is 4.79 Å². The molecule has 0 aliphatic rings. The van der Waals surface area contributed by atoms with Crippen molar-refractivity contribution in [3.8, 4) is 0 Å². The van der Waals surface area contributed by atoms with Crippen LogP contribution in [0.5, 0.6) is 0 Å². The smallest absolute Gasteiger partial charge is 0.255 e. The molecule has 3 N–H and O–H groups in total. The van der Waals surface area contributed by atoms with Crippen molar-refractivity contribution in [2.75, 3.05) is 11.1 Å². The topological polar surface area (TPSA) is 55.1 Å². The number of carbonyl (C=O) groups is 1. The Balaban J connectivity index is 2.28. The second-order valence-corrected chi connectivity index (χ2v) is 5.70. The van der Waals surface area contributed by atoms with Crippen LogP contribution in [0.1, 0.15) is 10.4 Å². The third kappa shape index (κ3) is 3.16. The number of amides is 1. The van der Waals surface area contributed by atoms with Gasteiger partial charge in [-0.1, -0.05) is 15.9 Å². The summed E-state index contributed by atoms with van der Waals surface area (Å²) in [6, 6.07) is 6.89. The molecule has 0 heterocycles. The molecule has 0 atom stereocenters. The highest BCUT2D eigenvalue weighted by molar-refractivity contribution is 9.11. The molecule has 0 aromatic heterocycles. The Morgan fingerprint density at radius 2 is 1.70 bits per heavy atom. The minimum Gasteiger partial charge on any atom is -0.394 e. The molecule has 3 nitrogen and oxygen atoms in total. The van der Waals surface area contributed by atoms with E-state index >= 15 is 0 Å². The lowest BCUT2D eigenvalue weighted by atomic mass is 10.1. The van der Waals surface area contributed by atoms with Crippen LogP contribution >= 0.6 is 31.9 Å². The SMILES string of the molecule is Nc1c(F)cc(C(=O)Nc2ccc(Br)cc2Br)cc1F. The van der Waals surface area contributed by atoms with E-state index in [1.54, 1.807) is 18.2 Å². The lowest BCUT2D eigenvalue weighted by Crippen LogP contribution is -2.13. The van der Waals surface area contributed by atoms with Crippen LogP contribution in [0.4, 0.5) is 20.2 Å². The first-order valence-corrected chi connectivity index (χ1v) is 6.98. The summed E-state index contributed by atoms with van der Waals surface area (Å²) in [4.78, 5) is 11.9. The first kappa shape index (κ1) is 14.9. The van der Waals surface area contributed by atoms with Crippen molar-refractivity contribution < 1.29 is 13.6 Å². The molecule has 0 aliphatic carbocycles. The normalized spacial score (nSPS) is 10.4. The summed E-state index contributed by atoms with van der Waals surface area (Å²) >= 11 is 6.55. The van der Waals surface area contributed by atoms with Gasteiger partial charge in [-0.2, -0.15) is 0 Å². The van der Waals surface area contributed by atoms with Gasteiger partial charge in [-0.05, 0) is 46.3 Å². The largest absolute Gasteiger partial charge is 0.394 e. The van der Waals surface area contributed by atoms with Gasteiger partial charge in [0, 0.05) is 14.5 Å².